The van der Waals surface area contributed by atoms with Gasteiger partial charge in [-0.2, -0.15) is 0 Å². The lowest BCUT2D eigenvalue weighted by atomic mass is 10.0. The predicted molar refractivity (Wildman–Crippen MR) is 179 cm³/mol. The number of para-hydroxylation sites is 1. The normalized spacial score (nSPS) is 12.2. The summed E-state index contributed by atoms with van der Waals surface area (Å²) in [6.07, 6.45) is 6.71. The maximum atomic E-state index is 6.50. The molecule has 206 valence electrons. The summed E-state index contributed by atoms with van der Waals surface area (Å²) in [4.78, 5) is 9.33. The molecular weight excluding hydrogens is 524 g/mol. The van der Waals surface area contributed by atoms with Gasteiger partial charge in [0.05, 0.1) is 22.9 Å². The Morgan fingerprint density at radius 2 is 1.35 bits per heavy atom. The molecular formula is C39H30N4. The van der Waals surface area contributed by atoms with Gasteiger partial charge in [-0.25, -0.2) is 4.99 Å². The zero-order chi connectivity index (χ0) is 29.0. The first-order valence-electron chi connectivity index (χ1n) is 14.4. The van der Waals surface area contributed by atoms with Crippen molar-refractivity contribution in [1.29, 1.82) is 0 Å². The molecule has 7 rings (SSSR count). The lowest BCUT2D eigenvalue weighted by Gasteiger charge is -2.11. The van der Waals surface area contributed by atoms with Crippen LogP contribution in [0.15, 0.2) is 163 Å². The number of allylic oxidation sites excluding steroid dienone is 1. The number of aromatic nitrogens is 2. The van der Waals surface area contributed by atoms with Gasteiger partial charge in [-0.1, -0.05) is 115 Å². The molecule has 0 radical (unpaired) electrons. The van der Waals surface area contributed by atoms with E-state index in [1.807, 2.05) is 48.8 Å². The second kappa shape index (κ2) is 11.6. The Bertz CT molecular complexity index is 2030. The highest BCUT2D eigenvalue weighted by Crippen LogP contribution is 2.32. The summed E-state index contributed by atoms with van der Waals surface area (Å²) < 4.78 is 2.28. The van der Waals surface area contributed by atoms with E-state index in [1.165, 1.54) is 21.9 Å². The quantitative estimate of drug-likeness (QED) is 0.158. The van der Waals surface area contributed by atoms with Gasteiger partial charge in [0.15, 0.2) is 0 Å². The van der Waals surface area contributed by atoms with Crippen molar-refractivity contribution < 1.29 is 0 Å². The van der Waals surface area contributed by atoms with Gasteiger partial charge >= 0.3 is 0 Å². The van der Waals surface area contributed by atoms with E-state index in [0.29, 0.717) is 5.84 Å². The molecule has 4 heteroatoms. The van der Waals surface area contributed by atoms with E-state index in [-0.39, 0.29) is 0 Å². The third-order valence-electron chi connectivity index (χ3n) is 7.78. The molecule has 0 saturated heterocycles. The lowest BCUT2D eigenvalue weighted by molar-refractivity contribution is 1.17. The zero-order valence-corrected chi connectivity index (χ0v) is 23.6. The van der Waals surface area contributed by atoms with Crippen LogP contribution in [-0.2, 0) is 6.42 Å². The Kier molecular flexibility index (Phi) is 7.08. The highest BCUT2D eigenvalue weighted by Gasteiger charge is 2.12. The van der Waals surface area contributed by atoms with Gasteiger partial charge in [0.25, 0.3) is 0 Å². The SMILES string of the molecule is NC(=N/C(=C\Cc1ccccc1)c1cccc(-c2ccc(-n3c4ccccc4c4ccncc43)cc2)c1)c1ccccc1. The van der Waals surface area contributed by atoms with Gasteiger partial charge in [0.2, 0.25) is 0 Å². The number of amidine groups is 1. The van der Waals surface area contributed by atoms with Crippen molar-refractivity contribution in [3.63, 3.8) is 0 Å². The summed E-state index contributed by atoms with van der Waals surface area (Å²) in [6.45, 7) is 0. The molecule has 0 amide bonds. The number of hydrogen-bond acceptors (Lipinski definition) is 2. The number of pyridine rings is 1. The molecule has 7 aromatic rings. The minimum absolute atomic E-state index is 0.496. The zero-order valence-electron chi connectivity index (χ0n) is 23.6. The summed E-state index contributed by atoms with van der Waals surface area (Å²) >= 11 is 0. The Morgan fingerprint density at radius 3 is 2.16 bits per heavy atom. The number of fused-ring (bicyclic) bond motifs is 3. The monoisotopic (exact) mass is 554 g/mol. The molecule has 0 fully saturated rings. The van der Waals surface area contributed by atoms with Crippen LogP contribution in [-0.4, -0.2) is 15.4 Å². The Labute approximate surface area is 251 Å². The van der Waals surface area contributed by atoms with Gasteiger partial charge in [0.1, 0.15) is 5.84 Å². The van der Waals surface area contributed by atoms with Crippen molar-refractivity contribution in [2.45, 2.75) is 6.42 Å². The lowest BCUT2D eigenvalue weighted by Crippen LogP contribution is -2.13. The minimum atomic E-state index is 0.496. The molecule has 4 nitrogen and oxygen atoms in total. The fourth-order valence-corrected chi connectivity index (χ4v) is 5.62. The highest BCUT2D eigenvalue weighted by atomic mass is 15.0. The van der Waals surface area contributed by atoms with Crippen molar-refractivity contribution in [2.75, 3.05) is 0 Å². The number of benzene rings is 5. The second-order valence-corrected chi connectivity index (χ2v) is 10.5. The van der Waals surface area contributed by atoms with Crippen LogP contribution in [0.25, 0.3) is 44.3 Å². The maximum absolute atomic E-state index is 6.50. The fraction of sp³-hybridized carbons (Fsp3) is 0.0256. The number of rotatable bonds is 7. The Balaban J connectivity index is 1.25. The average molecular weight is 555 g/mol. The van der Waals surface area contributed by atoms with Gasteiger partial charge in [0, 0.05) is 33.8 Å². The number of nitrogens with two attached hydrogens (primary N) is 1. The standard InChI is InChI=1S/C39H30N4/c40-39(30-12-5-2-6-13-30)42-36(23-18-28-10-3-1-4-11-28)32-15-9-14-31(26-32)29-19-21-33(22-20-29)43-37-17-8-7-16-34(37)35-24-25-41-27-38(35)43/h1-17,19-27H,18H2,(H2,40,42)/b36-23-. The molecule has 2 N–H and O–H groups in total. The average Bonchev–Trinajstić information content (AvgIpc) is 3.42. The molecule has 2 heterocycles. The summed E-state index contributed by atoms with van der Waals surface area (Å²) in [5, 5.41) is 2.43. The van der Waals surface area contributed by atoms with E-state index in [0.717, 1.165) is 45.6 Å². The molecule has 0 spiro atoms. The summed E-state index contributed by atoms with van der Waals surface area (Å²) in [6, 6.07) is 48.1. The van der Waals surface area contributed by atoms with Crippen LogP contribution in [0.2, 0.25) is 0 Å². The largest absolute Gasteiger partial charge is 0.383 e. The van der Waals surface area contributed by atoms with E-state index in [9.17, 15) is 0 Å². The van der Waals surface area contributed by atoms with Crippen molar-refractivity contribution in [1.82, 2.24) is 9.55 Å². The number of nitrogens with zero attached hydrogens (tertiary/aromatic N) is 3. The third kappa shape index (κ3) is 5.34. The van der Waals surface area contributed by atoms with Crippen LogP contribution in [0.5, 0.6) is 0 Å². The molecule has 43 heavy (non-hydrogen) atoms. The van der Waals surface area contributed by atoms with Gasteiger partial charge < -0.3 is 10.3 Å². The van der Waals surface area contributed by atoms with E-state index in [2.05, 4.69) is 119 Å². The number of aliphatic imine (C=N–C) groups is 1. The Morgan fingerprint density at radius 1 is 0.651 bits per heavy atom. The summed E-state index contributed by atoms with van der Waals surface area (Å²) in [7, 11) is 0. The summed E-state index contributed by atoms with van der Waals surface area (Å²) in [5.74, 6) is 0.496. The van der Waals surface area contributed by atoms with Crippen molar-refractivity contribution in [3.8, 4) is 16.8 Å². The molecule has 5 aromatic carbocycles. The van der Waals surface area contributed by atoms with E-state index >= 15 is 0 Å². The molecule has 0 atom stereocenters. The molecule has 0 unspecified atom stereocenters. The maximum Gasteiger partial charge on any atom is 0.131 e. The van der Waals surface area contributed by atoms with Crippen LogP contribution in [0, 0.1) is 0 Å². The van der Waals surface area contributed by atoms with Crippen LogP contribution in [0.1, 0.15) is 16.7 Å². The molecule has 0 bridgehead atoms. The van der Waals surface area contributed by atoms with E-state index in [4.69, 9.17) is 10.7 Å². The number of hydrogen-bond donors (Lipinski definition) is 1. The van der Waals surface area contributed by atoms with Crippen molar-refractivity contribution in [2.24, 2.45) is 10.7 Å². The first-order chi connectivity index (χ1) is 21.2. The Hall–Kier alpha value is -5.74. The molecule has 0 aliphatic heterocycles. The van der Waals surface area contributed by atoms with Crippen LogP contribution in [0.3, 0.4) is 0 Å². The minimum Gasteiger partial charge on any atom is -0.383 e. The van der Waals surface area contributed by atoms with Crippen LogP contribution in [0.4, 0.5) is 0 Å². The molecule has 0 saturated carbocycles. The topological polar surface area (TPSA) is 56.2 Å². The molecule has 2 aromatic heterocycles. The van der Waals surface area contributed by atoms with Crippen LogP contribution >= 0.6 is 0 Å². The van der Waals surface area contributed by atoms with E-state index < -0.39 is 0 Å². The van der Waals surface area contributed by atoms with Gasteiger partial charge in [-0.15, -0.1) is 0 Å². The van der Waals surface area contributed by atoms with Crippen molar-refractivity contribution in [3.05, 3.63) is 175 Å². The molecule has 0 aliphatic rings. The van der Waals surface area contributed by atoms with Gasteiger partial charge in [-0.05, 0) is 53.4 Å². The second-order valence-electron chi connectivity index (χ2n) is 10.5. The first kappa shape index (κ1) is 26.2. The van der Waals surface area contributed by atoms with Crippen LogP contribution < -0.4 is 5.73 Å². The summed E-state index contributed by atoms with van der Waals surface area (Å²) in [5.41, 5.74) is 16.1. The fourth-order valence-electron chi connectivity index (χ4n) is 5.62. The van der Waals surface area contributed by atoms with Crippen molar-refractivity contribution >= 4 is 33.3 Å². The smallest absolute Gasteiger partial charge is 0.131 e. The first-order valence-corrected chi connectivity index (χ1v) is 14.4. The van der Waals surface area contributed by atoms with Gasteiger partial charge in [-0.3, -0.25) is 4.98 Å². The predicted octanol–water partition coefficient (Wildman–Crippen LogP) is 8.83. The van der Waals surface area contributed by atoms with E-state index in [1.54, 1.807) is 0 Å². The third-order valence-corrected chi connectivity index (χ3v) is 7.78. The highest BCUT2D eigenvalue weighted by molar-refractivity contribution is 6.09. The molecule has 0 aliphatic carbocycles.